The minimum atomic E-state index is -1.63. The number of aliphatic hydroxyl groups is 1. The van der Waals surface area contributed by atoms with Gasteiger partial charge in [0.05, 0.1) is 0 Å². The van der Waals surface area contributed by atoms with Gasteiger partial charge in [-0.25, -0.2) is 4.79 Å². The number of hydrogen-bond acceptors (Lipinski definition) is 3. The van der Waals surface area contributed by atoms with E-state index in [4.69, 9.17) is 5.11 Å². The van der Waals surface area contributed by atoms with Crippen LogP contribution in [0.3, 0.4) is 0 Å². The SMILES string of the molecule is CCN(CC1CCC1)CC(C)(O)C(=O)O. The zero-order valence-electron chi connectivity index (χ0n) is 9.57. The Balaban J connectivity index is 2.40. The highest BCUT2D eigenvalue weighted by molar-refractivity contribution is 5.76. The molecule has 1 saturated carbocycles. The number of likely N-dealkylation sites (N-methyl/N-ethyl adjacent to an activating group) is 1. The van der Waals surface area contributed by atoms with Gasteiger partial charge in [-0.15, -0.1) is 0 Å². The molecule has 4 heteroatoms. The molecule has 1 aliphatic carbocycles. The fraction of sp³-hybridized carbons (Fsp3) is 0.909. The maximum Gasteiger partial charge on any atom is 0.336 e. The van der Waals surface area contributed by atoms with Crippen molar-refractivity contribution in [3.63, 3.8) is 0 Å². The Morgan fingerprint density at radius 3 is 2.47 bits per heavy atom. The molecule has 1 unspecified atom stereocenters. The van der Waals surface area contributed by atoms with E-state index in [1.165, 1.54) is 26.2 Å². The Morgan fingerprint density at radius 1 is 1.53 bits per heavy atom. The Labute approximate surface area is 90.9 Å². The highest BCUT2D eigenvalue weighted by Gasteiger charge is 2.33. The molecule has 0 aliphatic heterocycles. The standard InChI is InChI=1S/C11H21NO3/c1-3-12(7-9-5-4-6-9)8-11(2,15)10(13)14/h9,15H,3-8H2,1-2H3,(H,13,14). The van der Waals surface area contributed by atoms with Gasteiger partial charge in [-0.05, 0) is 32.2 Å². The van der Waals surface area contributed by atoms with Crippen molar-refractivity contribution in [2.75, 3.05) is 19.6 Å². The van der Waals surface area contributed by atoms with E-state index >= 15 is 0 Å². The number of nitrogens with zero attached hydrogens (tertiary/aromatic N) is 1. The van der Waals surface area contributed by atoms with E-state index in [1.54, 1.807) is 0 Å². The molecular formula is C11H21NO3. The normalized spacial score (nSPS) is 21.1. The van der Waals surface area contributed by atoms with Gasteiger partial charge in [0, 0.05) is 13.1 Å². The lowest BCUT2D eigenvalue weighted by atomic mass is 9.85. The minimum absolute atomic E-state index is 0.218. The second-order valence-electron chi connectivity index (χ2n) is 4.70. The Hall–Kier alpha value is -0.610. The van der Waals surface area contributed by atoms with Gasteiger partial charge in [0.15, 0.2) is 5.60 Å². The van der Waals surface area contributed by atoms with E-state index < -0.39 is 11.6 Å². The number of carboxylic acids is 1. The summed E-state index contributed by atoms with van der Waals surface area (Å²) in [6.07, 6.45) is 3.77. The third-order valence-electron chi connectivity index (χ3n) is 3.18. The Bertz CT molecular complexity index is 224. The van der Waals surface area contributed by atoms with Crippen LogP contribution in [0.4, 0.5) is 0 Å². The van der Waals surface area contributed by atoms with Gasteiger partial charge in [0.2, 0.25) is 0 Å². The average Bonchev–Trinajstić information content (AvgIpc) is 2.08. The van der Waals surface area contributed by atoms with Crippen LogP contribution in [-0.4, -0.2) is 46.3 Å². The summed E-state index contributed by atoms with van der Waals surface area (Å²) in [6.45, 7) is 5.28. The number of hydrogen-bond donors (Lipinski definition) is 2. The Morgan fingerprint density at radius 2 is 2.13 bits per heavy atom. The van der Waals surface area contributed by atoms with Gasteiger partial charge < -0.3 is 10.2 Å². The molecule has 0 aromatic rings. The second kappa shape index (κ2) is 4.94. The fourth-order valence-corrected chi connectivity index (χ4v) is 1.85. The molecule has 0 aromatic carbocycles. The lowest BCUT2D eigenvalue weighted by molar-refractivity contribution is -0.158. The number of rotatable bonds is 6. The fourth-order valence-electron chi connectivity index (χ4n) is 1.85. The van der Waals surface area contributed by atoms with Crippen LogP contribution in [0.2, 0.25) is 0 Å². The molecule has 15 heavy (non-hydrogen) atoms. The maximum atomic E-state index is 10.8. The quantitative estimate of drug-likeness (QED) is 0.692. The van der Waals surface area contributed by atoms with Crippen LogP contribution in [0.15, 0.2) is 0 Å². The zero-order chi connectivity index (χ0) is 11.5. The first-order valence-corrected chi connectivity index (χ1v) is 5.64. The smallest absolute Gasteiger partial charge is 0.336 e. The summed E-state index contributed by atoms with van der Waals surface area (Å²) in [6, 6.07) is 0. The third-order valence-corrected chi connectivity index (χ3v) is 3.18. The summed E-state index contributed by atoms with van der Waals surface area (Å²) in [5, 5.41) is 18.5. The van der Waals surface area contributed by atoms with E-state index in [9.17, 15) is 9.90 Å². The molecule has 0 bridgehead atoms. The zero-order valence-corrected chi connectivity index (χ0v) is 9.57. The van der Waals surface area contributed by atoms with Crippen LogP contribution in [0.1, 0.15) is 33.1 Å². The molecule has 88 valence electrons. The monoisotopic (exact) mass is 215 g/mol. The lowest BCUT2D eigenvalue weighted by Crippen LogP contribution is -2.48. The van der Waals surface area contributed by atoms with Crippen molar-refractivity contribution in [2.45, 2.75) is 38.7 Å². The van der Waals surface area contributed by atoms with Crippen molar-refractivity contribution in [1.29, 1.82) is 0 Å². The number of aliphatic carboxylic acids is 1. The summed E-state index contributed by atoms with van der Waals surface area (Å²) in [5.74, 6) is -0.441. The topological polar surface area (TPSA) is 60.8 Å². The highest BCUT2D eigenvalue weighted by Crippen LogP contribution is 2.27. The summed E-state index contributed by atoms with van der Waals surface area (Å²) < 4.78 is 0. The van der Waals surface area contributed by atoms with E-state index in [1.807, 2.05) is 11.8 Å². The van der Waals surface area contributed by atoms with E-state index in [0.29, 0.717) is 5.92 Å². The molecule has 1 atom stereocenters. The van der Waals surface area contributed by atoms with Crippen molar-refractivity contribution in [1.82, 2.24) is 4.90 Å². The van der Waals surface area contributed by atoms with E-state index in [0.717, 1.165) is 13.1 Å². The molecule has 0 amide bonds. The van der Waals surface area contributed by atoms with Crippen molar-refractivity contribution < 1.29 is 15.0 Å². The predicted octanol–water partition coefficient (Wildman–Crippen LogP) is 0.944. The van der Waals surface area contributed by atoms with Crippen LogP contribution in [0.25, 0.3) is 0 Å². The maximum absolute atomic E-state index is 10.8. The number of carboxylic acid groups (broad SMARTS) is 1. The van der Waals surface area contributed by atoms with Crippen LogP contribution in [0, 0.1) is 5.92 Å². The summed E-state index contributed by atoms with van der Waals surface area (Å²) in [5.41, 5.74) is -1.63. The third kappa shape index (κ3) is 3.47. The average molecular weight is 215 g/mol. The van der Waals surface area contributed by atoms with Crippen LogP contribution in [-0.2, 0) is 4.79 Å². The molecular weight excluding hydrogens is 194 g/mol. The molecule has 0 heterocycles. The molecule has 0 spiro atoms. The van der Waals surface area contributed by atoms with Crippen molar-refractivity contribution >= 4 is 5.97 Å². The van der Waals surface area contributed by atoms with Gasteiger partial charge in [0.25, 0.3) is 0 Å². The van der Waals surface area contributed by atoms with Crippen molar-refractivity contribution in [3.8, 4) is 0 Å². The van der Waals surface area contributed by atoms with Gasteiger partial charge in [-0.1, -0.05) is 13.3 Å². The van der Waals surface area contributed by atoms with E-state index in [-0.39, 0.29) is 6.54 Å². The second-order valence-corrected chi connectivity index (χ2v) is 4.70. The lowest BCUT2D eigenvalue weighted by Gasteiger charge is -2.34. The van der Waals surface area contributed by atoms with Crippen LogP contribution in [0.5, 0.6) is 0 Å². The molecule has 1 aliphatic rings. The number of carbonyl (C=O) groups is 1. The summed E-state index contributed by atoms with van der Waals surface area (Å²) in [4.78, 5) is 12.8. The molecule has 0 saturated heterocycles. The van der Waals surface area contributed by atoms with Crippen molar-refractivity contribution in [2.24, 2.45) is 5.92 Å². The van der Waals surface area contributed by atoms with Gasteiger partial charge in [-0.3, -0.25) is 4.90 Å². The van der Waals surface area contributed by atoms with Crippen molar-refractivity contribution in [3.05, 3.63) is 0 Å². The predicted molar refractivity (Wildman–Crippen MR) is 57.7 cm³/mol. The van der Waals surface area contributed by atoms with Crippen LogP contribution >= 0.6 is 0 Å². The molecule has 0 aromatic heterocycles. The van der Waals surface area contributed by atoms with Gasteiger partial charge >= 0.3 is 5.97 Å². The summed E-state index contributed by atoms with van der Waals surface area (Å²) >= 11 is 0. The molecule has 1 rings (SSSR count). The largest absolute Gasteiger partial charge is 0.479 e. The van der Waals surface area contributed by atoms with Gasteiger partial charge in [-0.2, -0.15) is 0 Å². The van der Waals surface area contributed by atoms with E-state index in [2.05, 4.69) is 0 Å². The highest BCUT2D eigenvalue weighted by atomic mass is 16.4. The molecule has 1 fully saturated rings. The molecule has 2 N–H and O–H groups in total. The minimum Gasteiger partial charge on any atom is -0.479 e. The molecule has 4 nitrogen and oxygen atoms in total. The molecule has 0 radical (unpaired) electrons. The van der Waals surface area contributed by atoms with Crippen LogP contribution < -0.4 is 0 Å². The first kappa shape index (κ1) is 12.5. The Kier molecular flexibility index (Phi) is 4.11. The first-order chi connectivity index (χ1) is 6.95. The first-order valence-electron chi connectivity index (χ1n) is 5.64. The van der Waals surface area contributed by atoms with Gasteiger partial charge in [0.1, 0.15) is 0 Å². The summed E-state index contributed by atoms with van der Waals surface area (Å²) in [7, 11) is 0.